The Kier molecular flexibility index (Phi) is 4.54. The van der Waals surface area contributed by atoms with Crippen LogP contribution in [0.15, 0.2) is 22.7 Å². The van der Waals surface area contributed by atoms with E-state index in [9.17, 15) is 4.79 Å². The lowest BCUT2D eigenvalue weighted by Crippen LogP contribution is -2.32. The molecule has 0 radical (unpaired) electrons. The second kappa shape index (κ2) is 5.81. The molecule has 2 fully saturated rings. The number of aryl methyl sites for hydroxylation is 1. The molecule has 0 spiro atoms. The number of halogens is 2. The van der Waals surface area contributed by atoms with Crippen molar-refractivity contribution < 1.29 is 4.79 Å². The van der Waals surface area contributed by atoms with Crippen molar-refractivity contribution in [2.24, 2.45) is 11.8 Å². The Morgan fingerprint density at radius 3 is 2.53 bits per heavy atom. The fourth-order valence-corrected chi connectivity index (χ4v) is 3.53. The molecule has 3 rings (SSSR count). The van der Waals surface area contributed by atoms with E-state index < -0.39 is 0 Å². The molecule has 3 nitrogen and oxygen atoms in total. The van der Waals surface area contributed by atoms with Gasteiger partial charge in [0.15, 0.2) is 0 Å². The molecule has 0 aromatic heterocycles. The molecule has 0 bridgehead atoms. The van der Waals surface area contributed by atoms with Gasteiger partial charge < -0.3 is 10.2 Å². The van der Waals surface area contributed by atoms with Gasteiger partial charge in [-0.3, -0.25) is 4.79 Å². The Morgan fingerprint density at radius 1 is 1.32 bits per heavy atom. The van der Waals surface area contributed by atoms with E-state index in [2.05, 4.69) is 21.2 Å². The molecule has 1 aromatic carbocycles. The molecule has 2 atom stereocenters. The van der Waals surface area contributed by atoms with Gasteiger partial charge in [-0.25, -0.2) is 0 Å². The highest BCUT2D eigenvalue weighted by Gasteiger charge is 2.38. The molecular formula is C14H18BrClN2O. The summed E-state index contributed by atoms with van der Waals surface area (Å²) in [4.78, 5) is 14.5. The van der Waals surface area contributed by atoms with Gasteiger partial charge >= 0.3 is 0 Å². The van der Waals surface area contributed by atoms with Crippen LogP contribution in [-0.4, -0.2) is 37.0 Å². The summed E-state index contributed by atoms with van der Waals surface area (Å²) in [7, 11) is 0. The van der Waals surface area contributed by atoms with Crippen LogP contribution in [0, 0.1) is 18.8 Å². The summed E-state index contributed by atoms with van der Waals surface area (Å²) in [6.45, 7) is 5.94. The Morgan fingerprint density at radius 2 is 1.95 bits per heavy atom. The molecule has 104 valence electrons. The number of hydrogen-bond donors (Lipinski definition) is 1. The summed E-state index contributed by atoms with van der Waals surface area (Å²) >= 11 is 3.44. The first-order chi connectivity index (χ1) is 8.65. The fraction of sp³-hybridized carbons (Fsp3) is 0.500. The number of hydrogen-bond acceptors (Lipinski definition) is 2. The molecule has 2 aliphatic heterocycles. The normalized spacial score (nSPS) is 25.1. The number of carbonyl (C=O) groups excluding carboxylic acids is 1. The molecule has 19 heavy (non-hydrogen) atoms. The average molecular weight is 346 g/mol. The van der Waals surface area contributed by atoms with Crippen LogP contribution in [0.25, 0.3) is 0 Å². The number of nitrogens with zero attached hydrogens (tertiary/aromatic N) is 1. The lowest BCUT2D eigenvalue weighted by Gasteiger charge is -2.18. The van der Waals surface area contributed by atoms with Gasteiger partial charge in [0.1, 0.15) is 0 Å². The minimum Gasteiger partial charge on any atom is -0.338 e. The van der Waals surface area contributed by atoms with Crippen molar-refractivity contribution in [3.63, 3.8) is 0 Å². The zero-order valence-electron chi connectivity index (χ0n) is 10.9. The van der Waals surface area contributed by atoms with Gasteiger partial charge in [0, 0.05) is 36.2 Å². The minimum atomic E-state index is 0. The highest BCUT2D eigenvalue weighted by Crippen LogP contribution is 2.28. The number of nitrogens with one attached hydrogen (secondary N) is 1. The van der Waals surface area contributed by atoms with Crippen LogP contribution < -0.4 is 5.32 Å². The predicted molar refractivity (Wildman–Crippen MR) is 81.9 cm³/mol. The SMILES string of the molecule is Cc1cc(Br)ccc1C(=O)N1C[C@H]2CNC[C@H]2C1.Cl. The lowest BCUT2D eigenvalue weighted by molar-refractivity contribution is 0.0781. The predicted octanol–water partition coefficient (Wildman–Crippen LogP) is 2.47. The molecule has 0 saturated carbocycles. The monoisotopic (exact) mass is 344 g/mol. The van der Waals surface area contributed by atoms with E-state index in [0.29, 0.717) is 11.8 Å². The molecule has 2 saturated heterocycles. The topological polar surface area (TPSA) is 32.3 Å². The molecular weight excluding hydrogens is 328 g/mol. The summed E-state index contributed by atoms with van der Waals surface area (Å²) in [6.07, 6.45) is 0. The molecule has 5 heteroatoms. The van der Waals surface area contributed by atoms with E-state index in [0.717, 1.165) is 41.8 Å². The van der Waals surface area contributed by atoms with Gasteiger partial charge in [0.05, 0.1) is 0 Å². The van der Waals surface area contributed by atoms with Gasteiger partial charge in [0.2, 0.25) is 0 Å². The van der Waals surface area contributed by atoms with E-state index in [1.54, 1.807) is 0 Å². The van der Waals surface area contributed by atoms with Crippen LogP contribution in [0.5, 0.6) is 0 Å². The second-order valence-electron chi connectivity index (χ2n) is 5.35. The Bertz CT molecular complexity index is 482. The summed E-state index contributed by atoms with van der Waals surface area (Å²) in [5.74, 6) is 1.50. The van der Waals surface area contributed by atoms with Crippen molar-refractivity contribution in [1.29, 1.82) is 0 Å². The maximum absolute atomic E-state index is 12.5. The molecule has 1 N–H and O–H groups in total. The number of carbonyl (C=O) groups is 1. The van der Waals surface area contributed by atoms with E-state index in [1.165, 1.54) is 0 Å². The number of amides is 1. The molecule has 1 amide bonds. The molecule has 2 heterocycles. The van der Waals surface area contributed by atoms with Crippen molar-refractivity contribution in [3.8, 4) is 0 Å². The van der Waals surface area contributed by atoms with E-state index in [1.807, 2.05) is 30.0 Å². The Balaban J connectivity index is 0.00000133. The van der Waals surface area contributed by atoms with Crippen LogP contribution in [0.4, 0.5) is 0 Å². The standard InChI is InChI=1S/C14H17BrN2O.ClH/c1-9-4-12(15)2-3-13(9)14(18)17-7-10-5-16-6-11(10)8-17;/h2-4,10-11,16H,5-8H2,1H3;1H/t10-,11+;. The maximum Gasteiger partial charge on any atom is 0.254 e. The third-order valence-corrected chi connectivity index (χ3v) is 4.59. The van der Waals surface area contributed by atoms with Crippen molar-refractivity contribution >= 4 is 34.2 Å². The first kappa shape index (κ1) is 14.8. The second-order valence-corrected chi connectivity index (χ2v) is 6.26. The minimum absolute atomic E-state index is 0. The highest BCUT2D eigenvalue weighted by atomic mass is 79.9. The van der Waals surface area contributed by atoms with Crippen LogP contribution in [-0.2, 0) is 0 Å². The van der Waals surface area contributed by atoms with Crippen molar-refractivity contribution in [1.82, 2.24) is 10.2 Å². The molecule has 1 aromatic rings. The average Bonchev–Trinajstić information content (AvgIpc) is 2.87. The molecule has 0 unspecified atom stereocenters. The number of rotatable bonds is 1. The van der Waals surface area contributed by atoms with E-state index in [-0.39, 0.29) is 18.3 Å². The number of fused-ring (bicyclic) bond motifs is 1. The number of benzene rings is 1. The van der Waals surface area contributed by atoms with Gasteiger partial charge in [0.25, 0.3) is 5.91 Å². The smallest absolute Gasteiger partial charge is 0.254 e. The van der Waals surface area contributed by atoms with Gasteiger partial charge in [-0.2, -0.15) is 0 Å². The third-order valence-electron chi connectivity index (χ3n) is 4.10. The van der Waals surface area contributed by atoms with E-state index >= 15 is 0 Å². The van der Waals surface area contributed by atoms with Crippen LogP contribution in [0.2, 0.25) is 0 Å². The van der Waals surface area contributed by atoms with Crippen molar-refractivity contribution in [2.45, 2.75) is 6.92 Å². The fourth-order valence-electron chi connectivity index (χ4n) is 3.06. The quantitative estimate of drug-likeness (QED) is 0.848. The molecule has 0 aliphatic carbocycles. The van der Waals surface area contributed by atoms with Crippen LogP contribution >= 0.6 is 28.3 Å². The highest BCUT2D eigenvalue weighted by molar-refractivity contribution is 9.10. The largest absolute Gasteiger partial charge is 0.338 e. The lowest BCUT2D eigenvalue weighted by atomic mass is 10.0. The van der Waals surface area contributed by atoms with E-state index in [4.69, 9.17) is 0 Å². The van der Waals surface area contributed by atoms with Crippen LogP contribution in [0.3, 0.4) is 0 Å². The summed E-state index contributed by atoms with van der Waals surface area (Å²) in [6, 6.07) is 5.87. The van der Waals surface area contributed by atoms with Gasteiger partial charge in [-0.15, -0.1) is 12.4 Å². The zero-order valence-corrected chi connectivity index (χ0v) is 13.3. The first-order valence-electron chi connectivity index (χ1n) is 6.41. The van der Waals surface area contributed by atoms with Gasteiger partial charge in [-0.05, 0) is 42.5 Å². The summed E-state index contributed by atoms with van der Waals surface area (Å²) in [5, 5.41) is 3.40. The zero-order chi connectivity index (χ0) is 12.7. The summed E-state index contributed by atoms with van der Waals surface area (Å²) < 4.78 is 1.03. The van der Waals surface area contributed by atoms with Crippen molar-refractivity contribution in [2.75, 3.05) is 26.2 Å². The third kappa shape index (κ3) is 2.81. The number of likely N-dealkylation sites (tertiary alicyclic amines) is 1. The summed E-state index contributed by atoms with van der Waals surface area (Å²) in [5.41, 5.74) is 1.88. The molecule has 2 aliphatic rings. The van der Waals surface area contributed by atoms with Gasteiger partial charge in [-0.1, -0.05) is 15.9 Å². The van der Waals surface area contributed by atoms with Crippen LogP contribution in [0.1, 0.15) is 15.9 Å². The Labute approximate surface area is 128 Å². The maximum atomic E-state index is 12.5. The Hall–Kier alpha value is -0.580. The van der Waals surface area contributed by atoms with Crippen molar-refractivity contribution in [3.05, 3.63) is 33.8 Å². The first-order valence-corrected chi connectivity index (χ1v) is 7.20.